The summed E-state index contributed by atoms with van der Waals surface area (Å²) in [4.78, 5) is 25.1. The fraction of sp³-hybridized carbons (Fsp3) is 0.250. The van der Waals surface area contributed by atoms with Crippen LogP contribution in [0, 0.1) is 5.82 Å². The van der Waals surface area contributed by atoms with Crippen molar-refractivity contribution in [2.45, 2.75) is 39.0 Å². The molecule has 0 saturated heterocycles. The number of para-hydroxylation sites is 1. The Morgan fingerprint density at radius 1 is 0.857 bits per heavy atom. The Kier molecular flexibility index (Phi) is 9.99. The predicted molar refractivity (Wildman–Crippen MR) is 137 cm³/mol. The van der Waals surface area contributed by atoms with Gasteiger partial charge in [0.25, 0.3) is 11.8 Å². The van der Waals surface area contributed by atoms with Crippen LogP contribution in [0.2, 0.25) is 0 Å². The third kappa shape index (κ3) is 8.07. The van der Waals surface area contributed by atoms with Gasteiger partial charge in [0.15, 0.2) is 0 Å². The number of benzene rings is 3. The van der Waals surface area contributed by atoms with Crippen molar-refractivity contribution in [3.63, 3.8) is 0 Å². The highest BCUT2D eigenvalue weighted by Gasteiger charge is 2.15. The van der Waals surface area contributed by atoms with Crippen LogP contribution in [0.5, 0.6) is 5.75 Å². The number of hydrogen-bond acceptors (Lipinski definition) is 4. The second-order valence-corrected chi connectivity index (χ2v) is 8.01. The predicted octanol–water partition coefficient (Wildman–Crippen LogP) is 6.19. The number of nitrogens with one attached hydrogen (secondary N) is 2. The number of hydrazone groups is 1. The normalized spacial score (nSPS) is 10.8. The summed E-state index contributed by atoms with van der Waals surface area (Å²) < 4.78 is 19.7. The van der Waals surface area contributed by atoms with E-state index in [9.17, 15) is 14.0 Å². The largest absolute Gasteiger partial charge is 0.494 e. The van der Waals surface area contributed by atoms with Crippen LogP contribution in [0.4, 0.5) is 10.1 Å². The number of anilines is 1. The lowest BCUT2D eigenvalue weighted by atomic mass is 10.1. The highest BCUT2D eigenvalue weighted by atomic mass is 19.1. The van der Waals surface area contributed by atoms with Crippen molar-refractivity contribution in [3.05, 3.63) is 95.3 Å². The molecule has 3 aromatic rings. The second-order valence-electron chi connectivity index (χ2n) is 8.01. The Morgan fingerprint density at radius 3 is 2.29 bits per heavy atom. The van der Waals surface area contributed by atoms with Gasteiger partial charge in [-0.1, -0.05) is 56.9 Å². The quantitative estimate of drug-likeness (QED) is 0.186. The fourth-order valence-electron chi connectivity index (χ4n) is 3.40. The molecule has 0 fully saturated rings. The molecule has 0 aromatic heterocycles. The molecule has 6 nitrogen and oxygen atoms in total. The van der Waals surface area contributed by atoms with E-state index in [0.717, 1.165) is 17.7 Å². The van der Waals surface area contributed by atoms with Crippen LogP contribution in [0.15, 0.2) is 77.9 Å². The molecular weight excluding hydrogens is 445 g/mol. The van der Waals surface area contributed by atoms with Crippen LogP contribution in [0.3, 0.4) is 0 Å². The fourth-order valence-corrected chi connectivity index (χ4v) is 3.40. The lowest BCUT2D eigenvalue weighted by Crippen LogP contribution is -2.21. The minimum absolute atomic E-state index is 0.107. The number of unbranched alkanes of at least 4 members (excludes halogenated alkanes) is 4. The maximum atomic E-state index is 13.9. The number of carbonyl (C=O) groups is 2. The van der Waals surface area contributed by atoms with Gasteiger partial charge in [0.1, 0.15) is 11.6 Å². The zero-order chi connectivity index (χ0) is 24.9. The molecule has 0 spiro atoms. The molecule has 35 heavy (non-hydrogen) atoms. The molecule has 0 aliphatic rings. The van der Waals surface area contributed by atoms with Gasteiger partial charge in [-0.2, -0.15) is 5.10 Å². The van der Waals surface area contributed by atoms with Gasteiger partial charge in [0, 0.05) is 0 Å². The molecule has 0 aliphatic carbocycles. The van der Waals surface area contributed by atoms with E-state index in [2.05, 4.69) is 22.8 Å². The molecule has 7 heteroatoms. The van der Waals surface area contributed by atoms with Crippen molar-refractivity contribution >= 4 is 23.7 Å². The number of carbonyl (C=O) groups excluding carboxylic acids is 2. The van der Waals surface area contributed by atoms with Crippen molar-refractivity contribution in [1.29, 1.82) is 0 Å². The third-order valence-electron chi connectivity index (χ3n) is 5.31. The summed E-state index contributed by atoms with van der Waals surface area (Å²) >= 11 is 0. The minimum atomic E-state index is -0.643. The van der Waals surface area contributed by atoms with E-state index >= 15 is 0 Å². The van der Waals surface area contributed by atoms with Gasteiger partial charge >= 0.3 is 0 Å². The van der Waals surface area contributed by atoms with E-state index in [-0.39, 0.29) is 16.8 Å². The Bertz CT molecular complexity index is 1150. The lowest BCUT2D eigenvalue weighted by molar-refractivity contribution is 0.0956. The molecule has 0 atom stereocenters. The monoisotopic (exact) mass is 475 g/mol. The van der Waals surface area contributed by atoms with Gasteiger partial charge in [0.2, 0.25) is 0 Å². The lowest BCUT2D eigenvalue weighted by Gasteiger charge is -2.10. The maximum Gasteiger partial charge on any atom is 0.273 e. The van der Waals surface area contributed by atoms with Gasteiger partial charge in [-0.05, 0) is 60.5 Å². The minimum Gasteiger partial charge on any atom is -0.494 e. The first-order valence-electron chi connectivity index (χ1n) is 11.8. The summed E-state index contributed by atoms with van der Waals surface area (Å²) in [5.74, 6) is -0.995. The summed E-state index contributed by atoms with van der Waals surface area (Å²) in [5, 5.41) is 6.59. The second kappa shape index (κ2) is 13.6. The first-order chi connectivity index (χ1) is 17.1. The van der Waals surface area contributed by atoms with Gasteiger partial charge in [-0.15, -0.1) is 0 Å². The van der Waals surface area contributed by atoms with Crippen LogP contribution in [-0.4, -0.2) is 24.6 Å². The number of rotatable bonds is 12. The van der Waals surface area contributed by atoms with E-state index in [1.165, 1.54) is 50.1 Å². The molecule has 3 aromatic carbocycles. The number of amides is 2. The molecule has 0 aliphatic heterocycles. The van der Waals surface area contributed by atoms with Crippen LogP contribution in [-0.2, 0) is 0 Å². The van der Waals surface area contributed by atoms with Crippen molar-refractivity contribution in [3.8, 4) is 5.75 Å². The van der Waals surface area contributed by atoms with Crippen LogP contribution >= 0.6 is 0 Å². The highest BCUT2D eigenvalue weighted by molar-refractivity contribution is 6.09. The van der Waals surface area contributed by atoms with Crippen LogP contribution in [0.1, 0.15) is 65.3 Å². The van der Waals surface area contributed by atoms with Gasteiger partial charge in [0.05, 0.1) is 29.6 Å². The molecule has 0 radical (unpaired) electrons. The van der Waals surface area contributed by atoms with Gasteiger partial charge in [-0.25, -0.2) is 9.82 Å². The van der Waals surface area contributed by atoms with E-state index in [0.29, 0.717) is 6.61 Å². The Labute approximate surface area is 205 Å². The first kappa shape index (κ1) is 25.6. The standard InChI is InChI=1S/C28H30FN3O3/c1-2-3-4-5-10-19-35-22-17-15-21(16-18-22)20-30-32-28(34)24-12-7-9-14-26(24)31-27(33)23-11-6-8-13-25(23)29/h6-9,11-18,20H,2-5,10,19H2,1H3,(H,31,33)(H,32,34). The molecule has 0 heterocycles. The molecule has 0 unspecified atom stereocenters. The SMILES string of the molecule is CCCCCCCOc1ccc(C=NNC(=O)c2ccccc2NC(=O)c2ccccc2F)cc1. The molecule has 2 N–H and O–H groups in total. The van der Waals surface area contributed by atoms with Crippen LogP contribution in [0.25, 0.3) is 0 Å². The molecule has 3 rings (SSSR count). The van der Waals surface area contributed by atoms with Crippen molar-refractivity contribution in [2.75, 3.05) is 11.9 Å². The first-order valence-corrected chi connectivity index (χ1v) is 11.8. The van der Waals surface area contributed by atoms with E-state index in [1.807, 2.05) is 24.3 Å². The van der Waals surface area contributed by atoms with Crippen molar-refractivity contribution < 1.29 is 18.7 Å². The van der Waals surface area contributed by atoms with E-state index in [1.54, 1.807) is 30.3 Å². The van der Waals surface area contributed by atoms with Gasteiger partial charge < -0.3 is 10.1 Å². The van der Waals surface area contributed by atoms with Crippen LogP contribution < -0.4 is 15.5 Å². The third-order valence-corrected chi connectivity index (χ3v) is 5.31. The molecule has 182 valence electrons. The number of halogens is 1. The summed E-state index contributed by atoms with van der Waals surface area (Å²) in [6.07, 6.45) is 7.46. The van der Waals surface area contributed by atoms with Crippen molar-refractivity contribution in [1.82, 2.24) is 5.43 Å². The molecule has 0 bridgehead atoms. The summed E-state index contributed by atoms with van der Waals surface area (Å²) in [6, 6.07) is 19.5. The average Bonchev–Trinajstić information content (AvgIpc) is 2.87. The maximum absolute atomic E-state index is 13.9. The zero-order valence-electron chi connectivity index (χ0n) is 19.8. The highest BCUT2D eigenvalue weighted by Crippen LogP contribution is 2.17. The number of ether oxygens (including phenoxy) is 1. The number of nitrogens with zero attached hydrogens (tertiary/aromatic N) is 1. The Balaban J connectivity index is 1.53. The topological polar surface area (TPSA) is 79.8 Å². The Morgan fingerprint density at radius 2 is 1.54 bits per heavy atom. The Hall–Kier alpha value is -4.00. The van der Waals surface area contributed by atoms with E-state index in [4.69, 9.17) is 4.74 Å². The number of hydrogen-bond donors (Lipinski definition) is 2. The van der Waals surface area contributed by atoms with E-state index < -0.39 is 17.6 Å². The average molecular weight is 476 g/mol. The summed E-state index contributed by atoms with van der Waals surface area (Å²) in [5.41, 5.74) is 3.61. The summed E-state index contributed by atoms with van der Waals surface area (Å²) in [7, 11) is 0. The van der Waals surface area contributed by atoms with Gasteiger partial charge in [-0.3, -0.25) is 9.59 Å². The zero-order valence-corrected chi connectivity index (χ0v) is 19.8. The molecule has 2 amide bonds. The van der Waals surface area contributed by atoms with Crippen molar-refractivity contribution in [2.24, 2.45) is 5.10 Å². The summed E-state index contributed by atoms with van der Waals surface area (Å²) in [6.45, 7) is 2.89. The molecular formula is C28H30FN3O3. The smallest absolute Gasteiger partial charge is 0.273 e. The molecule has 0 saturated carbocycles.